The molecule has 0 bridgehead atoms. The molecular weight excluding hydrogens is 263 g/mol. The molecule has 0 atom stereocenters. The summed E-state index contributed by atoms with van der Waals surface area (Å²) in [5.41, 5.74) is 0. The highest BCUT2D eigenvalue weighted by molar-refractivity contribution is 5.82. The Morgan fingerprint density at radius 3 is 2.90 bits per heavy atom. The van der Waals surface area contributed by atoms with Crippen LogP contribution in [0, 0.1) is 5.82 Å². The maximum atomic E-state index is 13.3. The normalized spacial score (nSPS) is 15.7. The topological polar surface area (TPSA) is 58.6 Å². The second kappa shape index (κ2) is 6.49. The van der Waals surface area contributed by atoms with Crippen molar-refractivity contribution in [2.24, 2.45) is 0 Å². The molecule has 1 aliphatic rings. The number of halogens is 1. The first-order valence-electron chi connectivity index (χ1n) is 6.75. The van der Waals surface area contributed by atoms with Crippen molar-refractivity contribution in [3.8, 4) is 5.88 Å². The summed E-state index contributed by atoms with van der Waals surface area (Å²) >= 11 is 0. The molecule has 0 aliphatic carbocycles. The first-order valence-corrected chi connectivity index (χ1v) is 6.75. The van der Waals surface area contributed by atoms with Crippen molar-refractivity contribution in [1.29, 1.82) is 0 Å². The standard InChI is InChI=1S/C13H19FN4O2/c1-3-4-5-17-6-7-18(9-11(17)19)13-15-8-10(14)12(16-13)20-2/h8H,3-7,9H2,1-2H3. The molecular formula is C13H19FN4O2. The monoisotopic (exact) mass is 282 g/mol. The van der Waals surface area contributed by atoms with E-state index in [2.05, 4.69) is 16.9 Å². The number of methoxy groups -OCH3 is 1. The van der Waals surface area contributed by atoms with Gasteiger partial charge in [-0.2, -0.15) is 9.37 Å². The number of piperazine rings is 1. The van der Waals surface area contributed by atoms with Crippen molar-refractivity contribution in [3.63, 3.8) is 0 Å². The van der Waals surface area contributed by atoms with Crippen molar-refractivity contribution in [3.05, 3.63) is 12.0 Å². The molecule has 6 nitrogen and oxygen atoms in total. The number of hydrogen-bond donors (Lipinski definition) is 0. The second-order valence-electron chi connectivity index (χ2n) is 4.68. The van der Waals surface area contributed by atoms with Crippen molar-refractivity contribution < 1.29 is 13.9 Å². The molecule has 20 heavy (non-hydrogen) atoms. The third kappa shape index (κ3) is 3.15. The summed E-state index contributed by atoms with van der Waals surface area (Å²) in [4.78, 5) is 23.5. The predicted octanol–water partition coefficient (Wildman–Crippen LogP) is 1.07. The molecule has 7 heteroatoms. The quantitative estimate of drug-likeness (QED) is 0.808. The Hall–Kier alpha value is -1.92. The molecule has 0 aromatic carbocycles. The first kappa shape index (κ1) is 14.5. The molecule has 1 amide bonds. The SMILES string of the molecule is CCCCN1CCN(c2ncc(F)c(OC)n2)CC1=O. The van der Waals surface area contributed by atoms with Gasteiger partial charge >= 0.3 is 0 Å². The number of aromatic nitrogens is 2. The summed E-state index contributed by atoms with van der Waals surface area (Å²) in [6.07, 6.45) is 3.13. The molecule has 1 saturated heterocycles. The average molecular weight is 282 g/mol. The molecule has 0 spiro atoms. The lowest BCUT2D eigenvalue weighted by Crippen LogP contribution is -2.51. The van der Waals surface area contributed by atoms with Gasteiger partial charge in [0.2, 0.25) is 17.7 Å². The highest BCUT2D eigenvalue weighted by Gasteiger charge is 2.25. The summed E-state index contributed by atoms with van der Waals surface area (Å²) in [6, 6.07) is 0. The van der Waals surface area contributed by atoms with E-state index in [9.17, 15) is 9.18 Å². The molecule has 2 heterocycles. The van der Waals surface area contributed by atoms with E-state index in [-0.39, 0.29) is 18.3 Å². The van der Waals surface area contributed by atoms with Crippen molar-refractivity contribution in [2.75, 3.05) is 38.2 Å². The molecule has 110 valence electrons. The molecule has 1 aliphatic heterocycles. The van der Waals surface area contributed by atoms with Crippen LogP contribution in [0.1, 0.15) is 19.8 Å². The summed E-state index contributed by atoms with van der Waals surface area (Å²) in [7, 11) is 1.35. The predicted molar refractivity (Wildman–Crippen MR) is 72.2 cm³/mol. The molecule has 1 aromatic rings. The zero-order valence-electron chi connectivity index (χ0n) is 11.8. The number of carbonyl (C=O) groups is 1. The zero-order chi connectivity index (χ0) is 14.5. The Labute approximate surface area is 117 Å². The Morgan fingerprint density at radius 2 is 2.25 bits per heavy atom. The van der Waals surface area contributed by atoms with Crippen LogP contribution in [0.3, 0.4) is 0 Å². The van der Waals surface area contributed by atoms with Gasteiger partial charge < -0.3 is 14.5 Å². The van der Waals surface area contributed by atoms with Crippen LogP contribution in [0.5, 0.6) is 5.88 Å². The number of carbonyl (C=O) groups excluding carboxylic acids is 1. The number of ether oxygens (including phenoxy) is 1. The van der Waals surface area contributed by atoms with E-state index in [1.165, 1.54) is 7.11 Å². The van der Waals surface area contributed by atoms with E-state index >= 15 is 0 Å². The van der Waals surface area contributed by atoms with Crippen molar-refractivity contribution in [1.82, 2.24) is 14.9 Å². The molecule has 0 N–H and O–H groups in total. The van der Waals surface area contributed by atoms with Crippen LogP contribution in [0.25, 0.3) is 0 Å². The zero-order valence-corrected chi connectivity index (χ0v) is 11.8. The van der Waals surface area contributed by atoms with Crippen molar-refractivity contribution in [2.45, 2.75) is 19.8 Å². The van der Waals surface area contributed by atoms with Crippen LogP contribution in [-0.4, -0.2) is 54.1 Å². The minimum atomic E-state index is -0.607. The molecule has 0 radical (unpaired) electrons. The third-order valence-electron chi connectivity index (χ3n) is 3.28. The van der Waals surface area contributed by atoms with Gasteiger partial charge in [0.25, 0.3) is 5.88 Å². The molecule has 0 saturated carbocycles. The minimum Gasteiger partial charge on any atom is -0.479 e. The van der Waals surface area contributed by atoms with Crippen LogP contribution in [0.2, 0.25) is 0 Å². The van der Waals surface area contributed by atoms with E-state index in [0.29, 0.717) is 19.0 Å². The lowest BCUT2D eigenvalue weighted by molar-refractivity contribution is -0.131. The van der Waals surface area contributed by atoms with E-state index in [1.807, 2.05) is 4.90 Å². The minimum absolute atomic E-state index is 0.0524. The smallest absolute Gasteiger partial charge is 0.255 e. The number of nitrogens with zero attached hydrogens (tertiary/aromatic N) is 4. The summed E-state index contributed by atoms with van der Waals surface area (Å²) in [5, 5.41) is 0. The fourth-order valence-corrected chi connectivity index (χ4v) is 2.10. The Kier molecular flexibility index (Phi) is 4.70. The van der Waals surface area contributed by atoms with Gasteiger partial charge in [-0.05, 0) is 6.42 Å². The summed E-state index contributed by atoms with van der Waals surface area (Å²) in [5.74, 6) is -0.330. The number of rotatable bonds is 5. The van der Waals surface area contributed by atoms with Crippen LogP contribution in [-0.2, 0) is 4.79 Å². The molecule has 1 fully saturated rings. The lowest BCUT2D eigenvalue weighted by Gasteiger charge is -2.34. The van der Waals surface area contributed by atoms with E-state index in [4.69, 9.17) is 4.74 Å². The van der Waals surface area contributed by atoms with Gasteiger partial charge in [0.15, 0.2) is 0 Å². The number of amides is 1. The number of anilines is 1. The molecule has 2 rings (SSSR count). The van der Waals surface area contributed by atoms with E-state index in [0.717, 1.165) is 25.6 Å². The van der Waals surface area contributed by atoms with Crippen LogP contribution < -0.4 is 9.64 Å². The van der Waals surface area contributed by atoms with Gasteiger partial charge in [-0.25, -0.2) is 4.98 Å². The fraction of sp³-hybridized carbons (Fsp3) is 0.615. The van der Waals surface area contributed by atoms with Gasteiger partial charge in [-0.3, -0.25) is 4.79 Å². The highest BCUT2D eigenvalue weighted by atomic mass is 19.1. The van der Waals surface area contributed by atoms with E-state index < -0.39 is 5.82 Å². The number of hydrogen-bond acceptors (Lipinski definition) is 5. The van der Waals surface area contributed by atoms with Crippen LogP contribution in [0.4, 0.5) is 10.3 Å². The van der Waals surface area contributed by atoms with Crippen molar-refractivity contribution >= 4 is 11.9 Å². The highest BCUT2D eigenvalue weighted by Crippen LogP contribution is 2.18. The van der Waals surface area contributed by atoms with Gasteiger partial charge in [0.05, 0.1) is 19.9 Å². The molecule has 1 aromatic heterocycles. The van der Waals surface area contributed by atoms with Crippen LogP contribution >= 0.6 is 0 Å². The van der Waals surface area contributed by atoms with Gasteiger partial charge in [-0.15, -0.1) is 0 Å². The van der Waals surface area contributed by atoms with Gasteiger partial charge in [0.1, 0.15) is 0 Å². The lowest BCUT2D eigenvalue weighted by atomic mass is 10.2. The molecule has 0 unspecified atom stereocenters. The van der Waals surface area contributed by atoms with Gasteiger partial charge in [0, 0.05) is 19.6 Å². The third-order valence-corrected chi connectivity index (χ3v) is 3.28. The van der Waals surface area contributed by atoms with Crippen LogP contribution in [0.15, 0.2) is 6.20 Å². The first-order chi connectivity index (χ1) is 9.65. The maximum absolute atomic E-state index is 13.3. The Balaban J connectivity index is 2.03. The maximum Gasteiger partial charge on any atom is 0.255 e. The largest absolute Gasteiger partial charge is 0.479 e. The Morgan fingerprint density at radius 1 is 1.45 bits per heavy atom. The second-order valence-corrected chi connectivity index (χ2v) is 4.68. The fourth-order valence-electron chi connectivity index (χ4n) is 2.10. The average Bonchev–Trinajstić information content (AvgIpc) is 2.46. The summed E-state index contributed by atoms with van der Waals surface area (Å²) in [6.45, 7) is 4.39. The van der Waals surface area contributed by atoms with Gasteiger partial charge in [-0.1, -0.05) is 13.3 Å². The van der Waals surface area contributed by atoms with E-state index in [1.54, 1.807) is 4.90 Å². The summed E-state index contributed by atoms with van der Waals surface area (Å²) < 4.78 is 18.1. The number of unbranched alkanes of at least 4 members (excludes halogenated alkanes) is 1. The Bertz CT molecular complexity index is 483.